The van der Waals surface area contributed by atoms with Crippen LogP contribution in [-0.2, 0) is 9.47 Å². The van der Waals surface area contributed by atoms with Gasteiger partial charge in [0.05, 0.1) is 17.2 Å². The van der Waals surface area contributed by atoms with Gasteiger partial charge in [-0.2, -0.15) is 0 Å². The summed E-state index contributed by atoms with van der Waals surface area (Å²) in [4.78, 5) is 28.7. The molecule has 116 valence electrons. The van der Waals surface area contributed by atoms with Crippen molar-refractivity contribution in [2.24, 2.45) is 0 Å². The molecule has 0 N–H and O–H groups in total. The molecule has 0 saturated heterocycles. The average molecular weight is 315 g/mol. The van der Waals surface area contributed by atoms with Gasteiger partial charge in [0.2, 0.25) is 0 Å². The minimum atomic E-state index is -0.622. The molecule has 0 bridgehead atoms. The van der Waals surface area contributed by atoms with Crippen LogP contribution >= 0.6 is 11.6 Å². The van der Waals surface area contributed by atoms with Crippen LogP contribution in [0.1, 0.15) is 38.1 Å². The average Bonchev–Trinajstić information content (AvgIpc) is 2.36. The maximum absolute atomic E-state index is 11.9. The standard InChI is InChI=1S/C14H19ClN2O4/c1-6-20-12(18)9-7-10(15)11(16-8-9)17(5)13(19)21-14(2,3)4/h7-8H,6H2,1-5H3. The lowest BCUT2D eigenvalue weighted by Crippen LogP contribution is -2.34. The Labute approximate surface area is 129 Å². The highest BCUT2D eigenvalue weighted by molar-refractivity contribution is 6.33. The molecule has 0 aromatic carbocycles. The number of esters is 1. The molecule has 0 radical (unpaired) electrons. The second kappa shape index (κ2) is 6.76. The fourth-order valence-corrected chi connectivity index (χ4v) is 1.71. The Kier molecular flexibility index (Phi) is 5.54. The van der Waals surface area contributed by atoms with Crippen LogP contribution in [-0.4, -0.2) is 36.3 Å². The Balaban J connectivity index is 2.94. The highest BCUT2D eigenvalue weighted by Gasteiger charge is 2.23. The van der Waals surface area contributed by atoms with Crippen LogP contribution in [0.2, 0.25) is 5.02 Å². The first-order valence-electron chi connectivity index (χ1n) is 6.45. The predicted molar refractivity (Wildman–Crippen MR) is 79.8 cm³/mol. The summed E-state index contributed by atoms with van der Waals surface area (Å²) >= 11 is 6.06. The quantitative estimate of drug-likeness (QED) is 0.801. The molecule has 1 heterocycles. The fraction of sp³-hybridized carbons (Fsp3) is 0.500. The normalized spacial score (nSPS) is 11.0. The van der Waals surface area contributed by atoms with Crippen molar-refractivity contribution in [3.63, 3.8) is 0 Å². The SMILES string of the molecule is CCOC(=O)c1cnc(N(C)C(=O)OC(C)(C)C)c(Cl)c1. The van der Waals surface area contributed by atoms with E-state index in [4.69, 9.17) is 21.1 Å². The van der Waals surface area contributed by atoms with Crippen molar-refractivity contribution in [2.75, 3.05) is 18.6 Å². The molecule has 1 aromatic heterocycles. The molecule has 7 heteroatoms. The molecule has 0 aliphatic heterocycles. The summed E-state index contributed by atoms with van der Waals surface area (Å²) in [7, 11) is 1.49. The van der Waals surface area contributed by atoms with E-state index < -0.39 is 17.7 Å². The van der Waals surface area contributed by atoms with Crippen molar-refractivity contribution >= 4 is 29.5 Å². The summed E-state index contributed by atoms with van der Waals surface area (Å²) in [5, 5.41) is 0.161. The minimum absolute atomic E-state index is 0.161. The summed E-state index contributed by atoms with van der Waals surface area (Å²) < 4.78 is 10.1. The van der Waals surface area contributed by atoms with Crippen molar-refractivity contribution in [2.45, 2.75) is 33.3 Å². The van der Waals surface area contributed by atoms with Crippen LogP contribution in [0.25, 0.3) is 0 Å². The van der Waals surface area contributed by atoms with Gasteiger partial charge in [0, 0.05) is 13.2 Å². The van der Waals surface area contributed by atoms with Gasteiger partial charge < -0.3 is 9.47 Å². The molecule has 6 nitrogen and oxygen atoms in total. The van der Waals surface area contributed by atoms with Gasteiger partial charge >= 0.3 is 12.1 Å². The highest BCUT2D eigenvalue weighted by Crippen LogP contribution is 2.25. The van der Waals surface area contributed by atoms with Crippen molar-refractivity contribution < 1.29 is 19.1 Å². The summed E-state index contributed by atoms with van der Waals surface area (Å²) in [5.74, 6) is -0.308. The van der Waals surface area contributed by atoms with E-state index >= 15 is 0 Å². The van der Waals surface area contributed by atoms with Crippen molar-refractivity contribution in [3.05, 3.63) is 22.8 Å². The molecular weight excluding hydrogens is 296 g/mol. The minimum Gasteiger partial charge on any atom is -0.462 e. The van der Waals surface area contributed by atoms with Gasteiger partial charge in [-0.05, 0) is 33.8 Å². The molecule has 0 spiro atoms. The number of carbonyl (C=O) groups is 2. The van der Waals surface area contributed by atoms with E-state index in [9.17, 15) is 9.59 Å². The van der Waals surface area contributed by atoms with Crippen LogP contribution in [0.3, 0.4) is 0 Å². The summed E-state index contributed by atoms with van der Waals surface area (Å²) in [6.07, 6.45) is 0.723. The van der Waals surface area contributed by atoms with Gasteiger partial charge in [-0.1, -0.05) is 11.6 Å². The number of aromatic nitrogens is 1. The summed E-state index contributed by atoms with van der Waals surface area (Å²) in [6.45, 7) is 7.25. The fourth-order valence-electron chi connectivity index (χ4n) is 1.42. The van der Waals surface area contributed by atoms with Crippen LogP contribution in [0, 0.1) is 0 Å². The van der Waals surface area contributed by atoms with E-state index in [1.54, 1.807) is 27.7 Å². The molecule has 0 unspecified atom stereocenters. The van der Waals surface area contributed by atoms with E-state index in [0.29, 0.717) is 0 Å². The van der Waals surface area contributed by atoms with Gasteiger partial charge in [0.25, 0.3) is 0 Å². The van der Waals surface area contributed by atoms with E-state index in [-0.39, 0.29) is 23.0 Å². The van der Waals surface area contributed by atoms with Crippen molar-refractivity contribution in [1.82, 2.24) is 4.98 Å². The number of carbonyl (C=O) groups excluding carboxylic acids is 2. The predicted octanol–water partition coefficient (Wildman–Crippen LogP) is 3.28. The number of halogens is 1. The molecule has 0 aliphatic rings. The van der Waals surface area contributed by atoms with Gasteiger partial charge in [-0.15, -0.1) is 0 Å². The smallest absolute Gasteiger partial charge is 0.415 e. The lowest BCUT2D eigenvalue weighted by molar-refractivity contribution is 0.0525. The largest absolute Gasteiger partial charge is 0.462 e. The second-order valence-corrected chi connectivity index (χ2v) is 5.70. The number of nitrogens with zero attached hydrogens (tertiary/aromatic N) is 2. The van der Waals surface area contributed by atoms with E-state index in [1.165, 1.54) is 24.2 Å². The molecule has 1 amide bonds. The van der Waals surface area contributed by atoms with Crippen LogP contribution in [0.5, 0.6) is 0 Å². The Morgan fingerprint density at radius 2 is 2.00 bits per heavy atom. The van der Waals surface area contributed by atoms with Crippen LogP contribution in [0.15, 0.2) is 12.3 Å². The maximum atomic E-state index is 11.9. The second-order valence-electron chi connectivity index (χ2n) is 5.29. The number of rotatable bonds is 3. The number of anilines is 1. The molecule has 1 aromatic rings. The highest BCUT2D eigenvalue weighted by atomic mass is 35.5. The van der Waals surface area contributed by atoms with Crippen LogP contribution < -0.4 is 4.90 Å². The number of amides is 1. The lowest BCUT2D eigenvalue weighted by atomic mass is 10.2. The Morgan fingerprint density at radius 1 is 1.38 bits per heavy atom. The molecule has 0 fully saturated rings. The first-order valence-corrected chi connectivity index (χ1v) is 6.83. The topological polar surface area (TPSA) is 68.7 Å². The molecule has 0 atom stereocenters. The molecular formula is C14H19ClN2O4. The summed E-state index contributed by atoms with van der Waals surface area (Å²) in [5.41, 5.74) is -0.397. The molecule has 1 rings (SSSR count). The Morgan fingerprint density at radius 3 is 2.48 bits per heavy atom. The first-order chi connectivity index (χ1) is 9.65. The van der Waals surface area contributed by atoms with Gasteiger partial charge in [0.15, 0.2) is 5.82 Å². The Hall–Kier alpha value is -1.82. The van der Waals surface area contributed by atoms with Crippen LogP contribution in [0.4, 0.5) is 10.6 Å². The Bertz CT molecular complexity index is 540. The van der Waals surface area contributed by atoms with Crippen molar-refractivity contribution in [3.8, 4) is 0 Å². The van der Waals surface area contributed by atoms with E-state index in [2.05, 4.69) is 4.98 Å². The number of ether oxygens (including phenoxy) is 2. The number of hydrogen-bond donors (Lipinski definition) is 0. The van der Waals surface area contributed by atoms with Gasteiger partial charge in [-0.25, -0.2) is 14.6 Å². The maximum Gasteiger partial charge on any atom is 0.415 e. The van der Waals surface area contributed by atoms with E-state index in [1.807, 2.05) is 0 Å². The number of hydrogen-bond acceptors (Lipinski definition) is 5. The zero-order chi connectivity index (χ0) is 16.2. The zero-order valence-corrected chi connectivity index (χ0v) is 13.5. The molecule has 21 heavy (non-hydrogen) atoms. The van der Waals surface area contributed by atoms with E-state index in [0.717, 1.165) is 0 Å². The monoisotopic (exact) mass is 314 g/mol. The van der Waals surface area contributed by atoms with Gasteiger partial charge in [0.1, 0.15) is 5.60 Å². The zero-order valence-electron chi connectivity index (χ0n) is 12.8. The summed E-state index contributed by atoms with van der Waals surface area (Å²) in [6, 6.07) is 1.41. The molecule has 0 aliphatic carbocycles. The first kappa shape index (κ1) is 17.2. The number of pyridine rings is 1. The lowest BCUT2D eigenvalue weighted by Gasteiger charge is -2.24. The third-order valence-electron chi connectivity index (χ3n) is 2.32. The third kappa shape index (κ3) is 4.90. The third-order valence-corrected chi connectivity index (χ3v) is 2.60. The van der Waals surface area contributed by atoms with Crippen molar-refractivity contribution in [1.29, 1.82) is 0 Å². The molecule has 0 saturated carbocycles. The van der Waals surface area contributed by atoms with Gasteiger partial charge in [-0.3, -0.25) is 4.90 Å².